The van der Waals surface area contributed by atoms with Gasteiger partial charge in [0.15, 0.2) is 17.5 Å². The van der Waals surface area contributed by atoms with Crippen LogP contribution in [0.25, 0.3) is 0 Å². The van der Waals surface area contributed by atoms with Crippen LogP contribution in [0, 0.1) is 5.41 Å². The summed E-state index contributed by atoms with van der Waals surface area (Å²) in [5.41, 5.74) is 0.560. The van der Waals surface area contributed by atoms with E-state index in [1.165, 1.54) is 0 Å². The molecule has 2 rings (SSSR count). The fraction of sp³-hybridized carbons (Fsp3) is 0.652. The third kappa shape index (κ3) is 7.80. The Kier molecular flexibility index (Phi) is 12.1. The van der Waals surface area contributed by atoms with Gasteiger partial charge in [-0.3, -0.25) is 14.7 Å². The summed E-state index contributed by atoms with van der Waals surface area (Å²) in [5, 5.41) is 6.09. The first kappa shape index (κ1) is 29.1. The molecule has 0 aliphatic carbocycles. The van der Waals surface area contributed by atoms with Crippen LogP contribution in [0.1, 0.15) is 26.3 Å². The highest BCUT2D eigenvalue weighted by molar-refractivity contribution is 14.0. The highest BCUT2D eigenvalue weighted by atomic mass is 127. The molecule has 0 aromatic heterocycles. The fourth-order valence-corrected chi connectivity index (χ4v) is 3.71. The first-order chi connectivity index (χ1) is 15.3. The number of rotatable bonds is 9. The summed E-state index contributed by atoms with van der Waals surface area (Å²) >= 11 is 0. The van der Waals surface area contributed by atoms with Crippen molar-refractivity contribution in [1.82, 2.24) is 20.4 Å². The second-order valence-electron chi connectivity index (χ2n) is 8.43. The van der Waals surface area contributed by atoms with E-state index < -0.39 is 5.41 Å². The van der Waals surface area contributed by atoms with Crippen molar-refractivity contribution in [3.05, 3.63) is 17.7 Å². The van der Waals surface area contributed by atoms with Crippen LogP contribution in [-0.2, 0) is 11.3 Å². The molecule has 1 aromatic carbocycles. The average molecular weight is 578 g/mol. The summed E-state index contributed by atoms with van der Waals surface area (Å²) in [6.07, 6.45) is 0. The molecule has 0 radical (unpaired) electrons. The summed E-state index contributed by atoms with van der Waals surface area (Å²) in [6, 6.07) is 4.00. The summed E-state index contributed by atoms with van der Waals surface area (Å²) in [7, 11) is 6.53. The molecule has 1 aliphatic heterocycles. The van der Waals surface area contributed by atoms with E-state index >= 15 is 0 Å². The Morgan fingerprint density at radius 3 is 2.09 bits per heavy atom. The van der Waals surface area contributed by atoms with E-state index in [9.17, 15) is 4.79 Å². The van der Waals surface area contributed by atoms with Gasteiger partial charge in [0, 0.05) is 46.3 Å². The maximum Gasteiger partial charge on any atom is 0.227 e. The largest absolute Gasteiger partial charge is 0.493 e. The third-order valence-electron chi connectivity index (χ3n) is 5.60. The van der Waals surface area contributed by atoms with Crippen molar-refractivity contribution in [1.29, 1.82) is 0 Å². The molecule has 9 nitrogen and oxygen atoms in total. The fourth-order valence-electron chi connectivity index (χ4n) is 3.71. The van der Waals surface area contributed by atoms with E-state index in [0.29, 0.717) is 23.8 Å². The van der Waals surface area contributed by atoms with E-state index in [4.69, 9.17) is 19.2 Å². The Balaban J connectivity index is 0.00000544. The van der Waals surface area contributed by atoms with Crippen LogP contribution in [0.2, 0.25) is 0 Å². The van der Waals surface area contributed by atoms with Gasteiger partial charge >= 0.3 is 0 Å². The van der Waals surface area contributed by atoms with Gasteiger partial charge in [0.2, 0.25) is 11.7 Å². The van der Waals surface area contributed by atoms with Crippen LogP contribution in [0.4, 0.5) is 0 Å². The second kappa shape index (κ2) is 13.7. The van der Waals surface area contributed by atoms with Crippen LogP contribution < -0.4 is 24.8 Å². The Hall–Kier alpha value is -1.95. The number of methoxy groups -OCH3 is 3. The molecule has 1 amide bonds. The second-order valence-corrected chi connectivity index (χ2v) is 8.43. The third-order valence-corrected chi connectivity index (χ3v) is 5.60. The maximum atomic E-state index is 12.1. The van der Waals surface area contributed by atoms with E-state index in [-0.39, 0.29) is 29.9 Å². The van der Waals surface area contributed by atoms with Crippen LogP contribution in [-0.4, -0.2) is 89.3 Å². The Morgan fingerprint density at radius 2 is 1.64 bits per heavy atom. The van der Waals surface area contributed by atoms with Crippen molar-refractivity contribution in [2.75, 3.05) is 67.6 Å². The van der Waals surface area contributed by atoms with Crippen molar-refractivity contribution in [3.63, 3.8) is 0 Å². The Bertz CT molecular complexity index is 770. The van der Waals surface area contributed by atoms with E-state index in [0.717, 1.165) is 50.8 Å². The molecule has 33 heavy (non-hydrogen) atoms. The minimum Gasteiger partial charge on any atom is -0.493 e. The minimum atomic E-state index is -0.552. The summed E-state index contributed by atoms with van der Waals surface area (Å²) < 4.78 is 16.4. The number of piperazine rings is 1. The molecule has 1 aliphatic rings. The molecule has 0 saturated carbocycles. The number of hydrogen-bond acceptors (Lipinski definition) is 6. The summed E-state index contributed by atoms with van der Waals surface area (Å²) in [5.74, 6) is 2.79. The molecule has 0 unspecified atom stereocenters. The van der Waals surface area contributed by atoms with E-state index in [1.807, 2.05) is 26.0 Å². The van der Waals surface area contributed by atoms with Gasteiger partial charge in [-0.1, -0.05) is 0 Å². The number of halogens is 1. The zero-order valence-corrected chi connectivity index (χ0v) is 23.3. The number of carbonyl (C=O) groups is 1. The normalized spacial score (nSPS) is 14.9. The number of hydrogen-bond donors (Lipinski definition) is 2. The first-order valence-corrected chi connectivity index (χ1v) is 11.1. The Labute approximate surface area is 215 Å². The van der Waals surface area contributed by atoms with Gasteiger partial charge in [0.05, 0.1) is 33.3 Å². The number of nitrogens with zero attached hydrogens (tertiary/aromatic N) is 3. The molecule has 10 heteroatoms. The molecule has 0 spiro atoms. The quantitative estimate of drug-likeness (QED) is 0.265. The molecular formula is C23H40IN5O4. The van der Waals surface area contributed by atoms with Crippen LogP contribution in [0.15, 0.2) is 17.1 Å². The average Bonchev–Trinajstić information content (AvgIpc) is 2.80. The molecule has 2 N–H and O–H groups in total. The van der Waals surface area contributed by atoms with Gasteiger partial charge in [0.25, 0.3) is 0 Å². The first-order valence-electron chi connectivity index (χ1n) is 11.1. The number of benzene rings is 1. The molecule has 1 aromatic rings. The monoisotopic (exact) mass is 577 g/mol. The van der Waals surface area contributed by atoms with Crippen LogP contribution in [0.3, 0.4) is 0 Å². The van der Waals surface area contributed by atoms with Gasteiger partial charge in [-0.25, -0.2) is 0 Å². The van der Waals surface area contributed by atoms with Gasteiger partial charge in [-0.15, -0.1) is 24.0 Å². The summed E-state index contributed by atoms with van der Waals surface area (Å²) in [4.78, 5) is 21.5. The molecule has 1 saturated heterocycles. The van der Waals surface area contributed by atoms with Crippen molar-refractivity contribution in [2.45, 2.75) is 27.3 Å². The molecular weight excluding hydrogens is 537 g/mol. The molecule has 188 valence electrons. The van der Waals surface area contributed by atoms with Gasteiger partial charge < -0.3 is 29.7 Å². The van der Waals surface area contributed by atoms with Gasteiger partial charge in [-0.05, 0) is 38.5 Å². The highest BCUT2D eigenvalue weighted by Gasteiger charge is 2.27. The number of guanidine groups is 1. The predicted molar refractivity (Wildman–Crippen MR) is 142 cm³/mol. The zero-order valence-electron chi connectivity index (χ0n) is 21.0. The lowest BCUT2D eigenvalue weighted by molar-refractivity contribution is -0.128. The zero-order chi connectivity index (χ0) is 23.7. The lowest BCUT2D eigenvalue weighted by atomic mass is 9.93. The Morgan fingerprint density at radius 1 is 1.06 bits per heavy atom. The van der Waals surface area contributed by atoms with Crippen molar-refractivity contribution in [3.8, 4) is 17.2 Å². The number of amides is 1. The summed E-state index contributed by atoms with van der Waals surface area (Å²) in [6.45, 7) is 11.4. The molecule has 1 heterocycles. The SMILES string of the molecule is CCNC(=NCC(C)(C)C(=O)NC)N1CCN(Cc2cc(OC)c(OC)c(OC)c2)CC1.I. The minimum absolute atomic E-state index is 0. The molecule has 1 fully saturated rings. The maximum absolute atomic E-state index is 12.1. The van der Waals surface area contributed by atoms with Gasteiger partial charge in [0.1, 0.15) is 0 Å². The number of aliphatic imine (C=N–C) groups is 1. The van der Waals surface area contributed by atoms with E-state index in [1.54, 1.807) is 28.4 Å². The number of carbonyl (C=O) groups excluding carboxylic acids is 1. The number of ether oxygens (including phenoxy) is 3. The molecule has 0 atom stereocenters. The lowest BCUT2D eigenvalue weighted by Gasteiger charge is -2.37. The smallest absolute Gasteiger partial charge is 0.227 e. The molecule has 0 bridgehead atoms. The lowest BCUT2D eigenvalue weighted by Crippen LogP contribution is -2.52. The standard InChI is InChI=1S/C23H39N5O4.HI/c1-8-25-22(26-16-23(2,3)21(29)24-4)28-11-9-27(10-12-28)15-17-13-18(30-5)20(32-7)19(14-17)31-6;/h13-14H,8-12,15-16H2,1-7H3,(H,24,29)(H,25,26);1H. The highest BCUT2D eigenvalue weighted by Crippen LogP contribution is 2.38. The van der Waals surface area contributed by atoms with Crippen molar-refractivity contribution in [2.24, 2.45) is 10.4 Å². The van der Waals surface area contributed by atoms with Crippen molar-refractivity contribution >= 4 is 35.8 Å². The van der Waals surface area contributed by atoms with Crippen LogP contribution in [0.5, 0.6) is 17.2 Å². The van der Waals surface area contributed by atoms with Crippen molar-refractivity contribution < 1.29 is 19.0 Å². The predicted octanol–water partition coefficient (Wildman–Crippen LogP) is 2.19. The van der Waals surface area contributed by atoms with E-state index in [2.05, 4.69) is 27.4 Å². The van der Waals surface area contributed by atoms with Gasteiger partial charge in [-0.2, -0.15) is 0 Å². The topological polar surface area (TPSA) is 87.7 Å². The number of nitrogens with one attached hydrogen (secondary N) is 2. The van der Waals surface area contributed by atoms with Crippen LogP contribution >= 0.6 is 24.0 Å².